The van der Waals surface area contributed by atoms with Crippen LogP contribution in [0.25, 0.3) is 0 Å². The summed E-state index contributed by atoms with van der Waals surface area (Å²) in [5.41, 5.74) is 2.42. The van der Waals surface area contributed by atoms with Crippen LogP contribution in [0, 0.1) is 0 Å². The molecule has 2 bridgehead atoms. The van der Waals surface area contributed by atoms with Crippen molar-refractivity contribution in [2.24, 2.45) is 0 Å². The van der Waals surface area contributed by atoms with Crippen LogP contribution in [-0.4, -0.2) is 20.3 Å². The zero-order valence-electron chi connectivity index (χ0n) is 12.7. The van der Waals surface area contributed by atoms with E-state index in [2.05, 4.69) is 0 Å². The van der Waals surface area contributed by atoms with Crippen LogP contribution in [0.4, 0.5) is 0 Å². The Kier molecular flexibility index (Phi) is 4.24. The van der Waals surface area contributed by atoms with Crippen LogP contribution >= 0.6 is 7.37 Å². The lowest BCUT2D eigenvalue weighted by Crippen LogP contribution is -2.28. The third-order valence-corrected chi connectivity index (χ3v) is 6.99. The van der Waals surface area contributed by atoms with Crippen molar-refractivity contribution in [2.45, 2.75) is 58.3 Å². The minimum absolute atomic E-state index is 0.444. The molecule has 1 aromatic carbocycles. The highest BCUT2D eigenvalue weighted by Gasteiger charge is 2.44. The molecule has 0 aliphatic heterocycles. The number of hydrogen-bond acceptors (Lipinski definition) is 2. The molecule has 19 heavy (non-hydrogen) atoms. The van der Waals surface area contributed by atoms with Crippen LogP contribution in [0.5, 0.6) is 5.75 Å². The fourth-order valence-electron chi connectivity index (χ4n) is 1.99. The van der Waals surface area contributed by atoms with Gasteiger partial charge in [0.15, 0.2) is 0 Å². The van der Waals surface area contributed by atoms with E-state index >= 15 is 0 Å². The molecule has 2 N–H and O–H groups in total. The molecule has 0 unspecified atom stereocenters. The molecular weight excluding hydrogens is 259 g/mol. The highest BCUT2D eigenvalue weighted by molar-refractivity contribution is 7.61. The number of fused-ring (bicyclic) bond motifs is 2. The monoisotopic (exact) mass is 284 g/mol. The predicted molar refractivity (Wildman–Crippen MR) is 80.2 cm³/mol. The van der Waals surface area contributed by atoms with E-state index in [9.17, 15) is 9.46 Å². The van der Waals surface area contributed by atoms with E-state index in [1.54, 1.807) is 47.6 Å². The Morgan fingerprint density at radius 1 is 1.05 bits per heavy atom. The van der Waals surface area contributed by atoms with E-state index in [4.69, 9.17) is 5.11 Å². The van der Waals surface area contributed by atoms with Gasteiger partial charge in [-0.1, -0.05) is 53.7 Å². The first-order valence-electron chi connectivity index (χ1n) is 6.50. The van der Waals surface area contributed by atoms with Crippen LogP contribution in [0.1, 0.15) is 52.7 Å². The standard InChI is InChI=1S/C8H19O2P.C7H6O/c1-7(2,3)11(9,10)8(4,5)6;8-7-2-1-5-3-6(7)4-5/h1-6H3,(H,9,10);1-3,8H,4H2. The van der Waals surface area contributed by atoms with Crippen molar-refractivity contribution in [1.82, 2.24) is 0 Å². The summed E-state index contributed by atoms with van der Waals surface area (Å²) < 4.78 is 11.8. The molecule has 2 aliphatic carbocycles. The summed E-state index contributed by atoms with van der Waals surface area (Å²) in [6, 6.07) is 5.70. The van der Waals surface area contributed by atoms with E-state index in [1.165, 1.54) is 5.56 Å². The summed E-state index contributed by atoms with van der Waals surface area (Å²) in [5.74, 6) is 0.444. The topological polar surface area (TPSA) is 57.5 Å². The molecule has 108 valence electrons. The summed E-state index contributed by atoms with van der Waals surface area (Å²) >= 11 is 0. The number of phenolic OH excluding ortho intramolecular Hbond substituents is 1. The quantitative estimate of drug-likeness (QED) is 0.714. The summed E-state index contributed by atoms with van der Waals surface area (Å²) in [4.78, 5) is 9.74. The smallest absolute Gasteiger partial charge is 0.210 e. The van der Waals surface area contributed by atoms with Gasteiger partial charge in [0.2, 0.25) is 7.37 Å². The molecule has 0 amide bonds. The Morgan fingerprint density at radius 3 is 1.58 bits per heavy atom. The molecule has 0 heterocycles. The summed E-state index contributed by atoms with van der Waals surface area (Å²) in [6.45, 7) is 10.8. The molecule has 2 aliphatic rings. The fraction of sp³-hybridized carbons (Fsp3) is 0.600. The van der Waals surface area contributed by atoms with Crippen LogP contribution in [0.2, 0.25) is 0 Å². The van der Waals surface area contributed by atoms with Crippen molar-refractivity contribution in [3.05, 3.63) is 29.3 Å². The molecule has 0 atom stereocenters. The normalized spacial score (nSPS) is 14.3. The second kappa shape index (κ2) is 4.96. The summed E-state index contributed by atoms with van der Waals surface area (Å²) in [7, 11) is -3.06. The third kappa shape index (κ3) is 3.40. The van der Waals surface area contributed by atoms with Crippen LogP contribution in [0.3, 0.4) is 0 Å². The highest BCUT2D eigenvalue weighted by Crippen LogP contribution is 2.63. The number of phenols is 1. The highest BCUT2D eigenvalue weighted by atomic mass is 31.2. The Morgan fingerprint density at radius 2 is 1.47 bits per heavy atom. The Balaban J connectivity index is 0.000000196. The Bertz CT molecular complexity index is 480. The largest absolute Gasteiger partial charge is 0.508 e. The number of aromatic hydroxyl groups is 1. The van der Waals surface area contributed by atoms with Gasteiger partial charge < -0.3 is 10.00 Å². The average Bonchev–Trinajstić information content (AvgIpc) is 2.13. The van der Waals surface area contributed by atoms with Crippen LogP contribution in [-0.2, 0) is 11.0 Å². The lowest BCUT2D eigenvalue weighted by molar-refractivity contribution is 0.413. The van der Waals surface area contributed by atoms with Crippen LogP contribution in [0.15, 0.2) is 18.2 Å². The van der Waals surface area contributed by atoms with E-state index in [-0.39, 0.29) is 0 Å². The molecule has 0 saturated carbocycles. The first-order chi connectivity index (χ1) is 8.36. The molecule has 3 rings (SSSR count). The van der Waals surface area contributed by atoms with Crippen molar-refractivity contribution in [2.75, 3.05) is 0 Å². The zero-order valence-corrected chi connectivity index (χ0v) is 13.6. The van der Waals surface area contributed by atoms with Gasteiger partial charge in [-0.3, -0.25) is 4.57 Å². The molecular formula is C15H25O3P. The van der Waals surface area contributed by atoms with Crippen molar-refractivity contribution in [3.8, 4) is 5.75 Å². The van der Waals surface area contributed by atoms with E-state index in [1.807, 2.05) is 12.1 Å². The van der Waals surface area contributed by atoms with E-state index < -0.39 is 17.7 Å². The zero-order chi connectivity index (χ0) is 15.1. The molecule has 3 nitrogen and oxygen atoms in total. The summed E-state index contributed by atoms with van der Waals surface area (Å²) in [5, 5.41) is 7.95. The minimum Gasteiger partial charge on any atom is -0.508 e. The van der Waals surface area contributed by atoms with Gasteiger partial charge in [0, 0.05) is 16.7 Å². The fourth-order valence-corrected chi connectivity index (χ4v) is 4.00. The minimum atomic E-state index is -3.06. The van der Waals surface area contributed by atoms with E-state index in [0.717, 1.165) is 12.0 Å². The SMILES string of the molecule is CC(C)(C)P(=O)(O)C(C)(C)C.Oc1ccc2cc1C2. The maximum atomic E-state index is 11.8. The van der Waals surface area contributed by atoms with Gasteiger partial charge >= 0.3 is 0 Å². The molecule has 1 aromatic rings. The maximum absolute atomic E-state index is 11.8. The van der Waals surface area contributed by atoms with Gasteiger partial charge in [-0.25, -0.2) is 0 Å². The first kappa shape index (κ1) is 16.3. The number of benzene rings is 1. The molecule has 0 aromatic heterocycles. The molecule has 0 saturated heterocycles. The average molecular weight is 284 g/mol. The van der Waals surface area contributed by atoms with Gasteiger partial charge in [-0.15, -0.1) is 0 Å². The van der Waals surface area contributed by atoms with Crippen molar-refractivity contribution in [1.29, 1.82) is 0 Å². The summed E-state index contributed by atoms with van der Waals surface area (Å²) in [6.07, 6.45) is 0.975. The number of hydrogen-bond donors (Lipinski definition) is 2. The van der Waals surface area contributed by atoms with Gasteiger partial charge in [0.05, 0.1) is 0 Å². The second-order valence-corrected chi connectivity index (χ2v) is 10.9. The number of rotatable bonds is 0. The Labute approximate surface area is 116 Å². The molecule has 4 heteroatoms. The third-order valence-electron chi connectivity index (χ3n) is 3.36. The van der Waals surface area contributed by atoms with Crippen molar-refractivity contribution >= 4 is 7.37 Å². The van der Waals surface area contributed by atoms with Gasteiger partial charge in [0.1, 0.15) is 5.75 Å². The van der Waals surface area contributed by atoms with Crippen LogP contribution < -0.4 is 0 Å². The molecule has 0 spiro atoms. The maximum Gasteiger partial charge on any atom is 0.210 e. The Hall–Kier alpha value is -0.790. The lowest BCUT2D eigenvalue weighted by Gasteiger charge is -2.35. The van der Waals surface area contributed by atoms with Gasteiger partial charge in [-0.2, -0.15) is 0 Å². The predicted octanol–water partition coefficient (Wildman–Crippen LogP) is 4.15. The molecule has 0 radical (unpaired) electrons. The lowest BCUT2D eigenvalue weighted by atomic mass is 9.93. The van der Waals surface area contributed by atoms with Crippen molar-refractivity contribution in [3.63, 3.8) is 0 Å². The van der Waals surface area contributed by atoms with Gasteiger partial charge in [0.25, 0.3) is 0 Å². The van der Waals surface area contributed by atoms with Gasteiger partial charge in [-0.05, 0) is 17.2 Å². The second-order valence-electron chi connectivity index (χ2n) is 7.06. The van der Waals surface area contributed by atoms with Crippen molar-refractivity contribution < 1.29 is 14.6 Å². The van der Waals surface area contributed by atoms with E-state index in [0.29, 0.717) is 5.75 Å². The first-order valence-corrected chi connectivity index (χ1v) is 8.16. The molecule has 0 fully saturated rings.